The summed E-state index contributed by atoms with van der Waals surface area (Å²) in [5.74, 6) is -0.755. The minimum absolute atomic E-state index is 0. The Kier molecular flexibility index (Phi) is 16.0. The van der Waals surface area contributed by atoms with Crippen LogP contribution in [0.25, 0.3) is 48.4 Å². The maximum Gasteiger partial charge on any atom is 1.00 e. The van der Waals surface area contributed by atoms with E-state index in [0.717, 1.165) is 33.0 Å². The molecule has 0 aromatic heterocycles. The number of carbonyl (C=O) groups excluding carboxylic acids is 4. The van der Waals surface area contributed by atoms with Crippen LogP contribution in [0.4, 0.5) is 0 Å². The van der Waals surface area contributed by atoms with Crippen molar-refractivity contribution in [2.45, 2.75) is 13.1 Å². The van der Waals surface area contributed by atoms with Gasteiger partial charge < -0.3 is 23.0 Å². The first-order chi connectivity index (χ1) is 29.1. The number of hydrogen-bond donors (Lipinski definition) is 2. The Balaban J connectivity index is 0.000000244. The molecule has 0 atom stereocenters. The van der Waals surface area contributed by atoms with Gasteiger partial charge in [-0.3, -0.25) is 24.0 Å². The normalized spacial score (nSPS) is 12.2. The van der Waals surface area contributed by atoms with Gasteiger partial charge in [0.2, 0.25) is 0 Å². The molecule has 13 nitrogen and oxygen atoms in total. The molecule has 7 aromatic carbocycles. The predicted octanol–water partition coefficient (Wildman–Crippen LogP) is -1.54. The van der Waals surface area contributed by atoms with E-state index in [9.17, 15) is 29.7 Å². The zero-order valence-corrected chi connectivity index (χ0v) is 39.4. The molecule has 7 aromatic rings. The third-order valence-electron chi connectivity index (χ3n) is 10.3. The summed E-state index contributed by atoms with van der Waals surface area (Å²) < 4.78 is 0. The van der Waals surface area contributed by atoms with E-state index in [1.54, 1.807) is 66.7 Å². The second kappa shape index (κ2) is 20.8. The van der Waals surface area contributed by atoms with Gasteiger partial charge in [-0.2, -0.15) is 5.26 Å². The third kappa shape index (κ3) is 8.59. The Morgan fingerprint density at radius 1 is 0.742 bits per heavy atom. The molecule has 0 fully saturated rings. The first-order valence-corrected chi connectivity index (χ1v) is 18.0. The van der Waals surface area contributed by atoms with Gasteiger partial charge in [-0.15, -0.1) is 0 Å². The Morgan fingerprint density at radius 2 is 1.26 bits per heavy atom. The van der Waals surface area contributed by atoms with E-state index in [4.69, 9.17) is 28.1 Å². The number of amides is 1. The van der Waals surface area contributed by atoms with E-state index < -0.39 is 5.91 Å². The van der Waals surface area contributed by atoms with Crippen molar-refractivity contribution in [3.05, 3.63) is 186 Å². The first kappa shape index (κ1) is 47.8. The molecule has 1 heterocycles. The van der Waals surface area contributed by atoms with Gasteiger partial charge in [0.25, 0.3) is 18.1 Å². The molecule has 4 N–H and O–H groups in total. The molecular weight excluding hydrogens is 839 g/mol. The third-order valence-corrected chi connectivity index (χ3v) is 10.3. The fraction of sp³-hybridized carbons (Fsp3) is 0.0426. The summed E-state index contributed by atoms with van der Waals surface area (Å²) in [5, 5.41) is 31.0. The van der Waals surface area contributed by atoms with Crippen molar-refractivity contribution in [2.24, 2.45) is 16.5 Å². The van der Waals surface area contributed by atoms with Gasteiger partial charge >= 0.3 is 103 Å². The molecule has 0 bridgehead atoms. The van der Waals surface area contributed by atoms with E-state index in [1.165, 1.54) is 0 Å². The quantitative estimate of drug-likeness (QED) is 0.0465. The zero-order chi connectivity index (χ0) is 42.7. The van der Waals surface area contributed by atoms with Crippen LogP contribution in [0.15, 0.2) is 125 Å². The second-order valence-corrected chi connectivity index (χ2v) is 13.3. The summed E-state index contributed by atoms with van der Waals surface area (Å²) in [4.78, 5) is 69.6. The van der Waals surface area contributed by atoms with Crippen LogP contribution in [0.3, 0.4) is 0 Å². The maximum absolute atomic E-state index is 13.1. The minimum atomic E-state index is -0.504. The number of rotatable bonds is 7. The van der Waals surface area contributed by atoms with Gasteiger partial charge in [0.05, 0.1) is 18.4 Å². The fourth-order valence-electron chi connectivity index (χ4n) is 7.54. The molecule has 9 rings (SSSR count). The molecule has 2 aliphatic rings. The number of nitriles is 2. The van der Waals surface area contributed by atoms with Crippen LogP contribution < -0.4 is 130 Å². The fourth-order valence-corrected chi connectivity index (χ4v) is 7.54. The standard InChI is InChI=1S/2C23H13N3O2.CH2O3.2K.H/c24-10-12-4-6-13(7-5-12)22(27)15-8-9-17-19-14(15)2-1-3-16(19)20-18(11-25)23(28)26-21(17)20;1-26-19(12-25)21-17-4-2-3-15-16(9-10-18(20(15)17)23(21)28)22(27)14-7-5-13(11-24)6-8-14;2-1-4-3;;;/h1-9H,10,24H2;2-10H,11,24H2;1,3H;;;/q;;;2*+1;-1/p-1/b;21-19-;;;;. The summed E-state index contributed by atoms with van der Waals surface area (Å²) in [6.07, 6.45) is 0. The van der Waals surface area contributed by atoms with E-state index >= 15 is 0 Å². The van der Waals surface area contributed by atoms with Crippen molar-refractivity contribution in [3.63, 3.8) is 0 Å². The number of ketones is 2. The average Bonchev–Trinajstić information content (AvgIpc) is 3.90. The maximum atomic E-state index is 13.1. The monoisotopic (exact) mass is 866 g/mol. The van der Waals surface area contributed by atoms with Gasteiger partial charge in [-0.25, -0.2) is 15.1 Å². The van der Waals surface area contributed by atoms with Crippen LogP contribution in [0.2, 0.25) is 0 Å². The van der Waals surface area contributed by atoms with Crippen molar-refractivity contribution >= 4 is 73.2 Å². The van der Waals surface area contributed by atoms with Crippen LogP contribution in [-0.2, 0) is 27.6 Å². The van der Waals surface area contributed by atoms with Crippen LogP contribution in [-0.4, -0.2) is 29.7 Å². The smallest absolute Gasteiger partial charge is 1.00 e. The molecule has 15 heteroatoms. The molecule has 62 heavy (non-hydrogen) atoms. The number of fused-ring (bicyclic) bond motifs is 3. The van der Waals surface area contributed by atoms with Gasteiger partial charge in [-0.1, -0.05) is 91.0 Å². The van der Waals surface area contributed by atoms with Gasteiger partial charge in [0.15, 0.2) is 17.0 Å². The van der Waals surface area contributed by atoms with Gasteiger partial charge in [0, 0.05) is 62.5 Å². The summed E-state index contributed by atoms with van der Waals surface area (Å²) >= 11 is 0. The largest absolute Gasteiger partial charge is 1.00 e. The minimum Gasteiger partial charge on any atom is -1.00 e. The molecule has 290 valence electrons. The molecule has 0 spiro atoms. The number of nitrogens with two attached hydrogens (primary N) is 2. The Labute approximate surface area is 439 Å². The van der Waals surface area contributed by atoms with Crippen molar-refractivity contribution < 1.29 is 134 Å². The molecule has 1 aliphatic carbocycles. The van der Waals surface area contributed by atoms with Crippen molar-refractivity contribution in [1.82, 2.24) is 0 Å². The second-order valence-electron chi connectivity index (χ2n) is 13.3. The van der Waals surface area contributed by atoms with Crippen LogP contribution in [0, 0.1) is 29.2 Å². The molecule has 0 saturated heterocycles. The molecular formula is C47H28K2N6O7. The van der Waals surface area contributed by atoms with Crippen LogP contribution >= 0.6 is 0 Å². The van der Waals surface area contributed by atoms with Crippen LogP contribution in [0.5, 0.6) is 0 Å². The van der Waals surface area contributed by atoms with Gasteiger partial charge in [-0.05, 0) is 56.4 Å². The summed E-state index contributed by atoms with van der Waals surface area (Å²) in [6.45, 7) is 7.84. The molecule has 0 saturated carbocycles. The topological polar surface area (TPSA) is 234 Å². The SMILES string of the molecule is N#CC1=C2C(=NC1=O)c1ccc(C(=O)c3ccc(CN)cc3)c3cccc2c13.O=CO[O-].[C-]#[N+]/C(C#N)=c1\c(=O)c2ccc(C(=O)c3ccc(CN)cc3)c3cccc1c32.[H-].[K+].[K+]. The molecule has 1 amide bonds. The Bertz CT molecular complexity index is 3280. The zero-order valence-electron chi connectivity index (χ0n) is 34.2. The first-order valence-electron chi connectivity index (χ1n) is 18.0. The summed E-state index contributed by atoms with van der Waals surface area (Å²) in [6, 6.07) is 35.7. The van der Waals surface area contributed by atoms with Gasteiger partial charge in [0.1, 0.15) is 11.6 Å². The average molecular weight is 867 g/mol. The number of hydrogen-bond acceptors (Lipinski definition) is 11. The number of nitrogens with zero attached hydrogens (tertiary/aromatic N) is 4. The van der Waals surface area contributed by atoms with Crippen LogP contribution in [0.1, 0.15) is 55.5 Å². The molecule has 0 radical (unpaired) electrons. The number of allylic oxidation sites excluding steroid dienone is 1. The van der Waals surface area contributed by atoms with E-state index in [-0.39, 0.29) is 144 Å². The number of aliphatic imine (C=N–C) groups is 1. The summed E-state index contributed by atoms with van der Waals surface area (Å²) in [5.41, 5.74) is 17.4. The van der Waals surface area contributed by atoms with Crippen molar-refractivity contribution in [2.75, 3.05) is 0 Å². The summed E-state index contributed by atoms with van der Waals surface area (Å²) in [7, 11) is 0. The van der Waals surface area contributed by atoms with Crippen molar-refractivity contribution in [1.29, 1.82) is 10.5 Å². The number of carbonyl (C=O) groups is 4. The van der Waals surface area contributed by atoms with Crippen molar-refractivity contribution in [3.8, 4) is 12.1 Å². The Hall–Kier alpha value is -5.24. The molecule has 1 aliphatic heterocycles. The number of benzene rings is 6. The van der Waals surface area contributed by atoms with E-state index in [0.29, 0.717) is 68.2 Å². The Morgan fingerprint density at radius 3 is 1.76 bits per heavy atom. The predicted molar refractivity (Wildman–Crippen MR) is 222 cm³/mol. The van der Waals surface area contributed by atoms with E-state index in [2.05, 4.69) is 14.7 Å². The van der Waals surface area contributed by atoms with E-state index in [1.807, 2.05) is 54.6 Å². The molecule has 0 unspecified atom stereocenters.